The van der Waals surface area contributed by atoms with E-state index in [1.807, 2.05) is 0 Å². The van der Waals surface area contributed by atoms with Crippen LogP contribution in [0.5, 0.6) is 0 Å². The fraction of sp³-hybridized carbons (Fsp3) is 0.214. The molecule has 0 fully saturated rings. The van der Waals surface area contributed by atoms with Crippen LogP contribution in [0.15, 0.2) is 33.9 Å². The van der Waals surface area contributed by atoms with Crippen LogP contribution < -0.4 is 5.32 Å². The third-order valence-corrected chi connectivity index (χ3v) is 2.98. The molecule has 0 aliphatic heterocycles. The van der Waals surface area contributed by atoms with E-state index < -0.39 is 10.8 Å². The molecule has 120 valence electrons. The third-order valence-electron chi connectivity index (χ3n) is 2.98. The first kappa shape index (κ1) is 16.1. The molecule has 0 radical (unpaired) electrons. The lowest BCUT2D eigenvalue weighted by molar-refractivity contribution is -0.384. The van der Waals surface area contributed by atoms with Crippen molar-refractivity contribution in [3.8, 4) is 0 Å². The van der Waals surface area contributed by atoms with Crippen molar-refractivity contribution in [2.75, 3.05) is 5.32 Å². The summed E-state index contributed by atoms with van der Waals surface area (Å²) in [5.41, 5.74) is 1.84. The summed E-state index contributed by atoms with van der Waals surface area (Å²) in [6.07, 6.45) is 0.972. The quantitative estimate of drug-likeness (QED) is 0.496. The number of carbonyl (C=O) groups excluding carboxylic acids is 1. The Morgan fingerprint density at radius 2 is 2.13 bits per heavy atom. The molecule has 0 saturated carbocycles. The van der Waals surface area contributed by atoms with Gasteiger partial charge in [-0.3, -0.25) is 14.9 Å². The first-order chi connectivity index (χ1) is 11.0. The number of nitrogens with zero attached hydrogens (tertiary/aromatic N) is 3. The van der Waals surface area contributed by atoms with Crippen molar-refractivity contribution in [3.05, 3.63) is 51.4 Å². The molecule has 0 saturated heterocycles. The molecule has 1 N–H and O–H groups in total. The van der Waals surface area contributed by atoms with Crippen LogP contribution in [0, 0.1) is 24.0 Å². The van der Waals surface area contributed by atoms with E-state index in [4.69, 9.17) is 9.36 Å². The largest absolute Gasteiger partial charge is 0.391 e. The minimum Gasteiger partial charge on any atom is -0.391 e. The van der Waals surface area contributed by atoms with Gasteiger partial charge in [0.2, 0.25) is 0 Å². The van der Waals surface area contributed by atoms with Gasteiger partial charge in [0.1, 0.15) is 18.6 Å². The van der Waals surface area contributed by atoms with E-state index in [0.29, 0.717) is 17.1 Å². The summed E-state index contributed by atoms with van der Waals surface area (Å²) in [5, 5.41) is 20.4. The average molecular weight is 318 g/mol. The zero-order chi connectivity index (χ0) is 16.8. The number of hydrogen-bond donors (Lipinski definition) is 1. The second-order valence-corrected chi connectivity index (χ2v) is 4.60. The molecule has 23 heavy (non-hydrogen) atoms. The first-order valence-electron chi connectivity index (χ1n) is 6.60. The van der Waals surface area contributed by atoms with Crippen molar-refractivity contribution in [2.24, 2.45) is 5.16 Å². The molecule has 9 nitrogen and oxygen atoms in total. The van der Waals surface area contributed by atoms with E-state index in [2.05, 4.69) is 15.6 Å². The first-order valence-corrected chi connectivity index (χ1v) is 6.60. The lowest BCUT2D eigenvalue weighted by Crippen LogP contribution is -2.12. The maximum atomic E-state index is 11.6. The summed E-state index contributed by atoms with van der Waals surface area (Å²) < 4.78 is 4.97. The van der Waals surface area contributed by atoms with Crippen LogP contribution in [-0.4, -0.2) is 22.2 Å². The SMILES string of the molecule is Cc1noc(C)c1CO/N=C\C(=O)Nc1ccc([N+](=O)[O-])cc1. The van der Waals surface area contributed by atoms with E-state index in [1.165, 1.54) is 24.3 Å². The van der Waals surface area contributed by atoms with Crippen LogP contribution in [0.4, 0.5) is 11.4 Å². The normalized spacial score (nSPS) is 10.7. The molecule has 2 rings (SSSR count). The van der Waals surface area contributed by atoms with Crippen molar-refractivity contribution in [1.82, 2.24) is 5.16 Å². The number of aromatic nitrogens is 1. The van der Waals surface area contributed by atoms with E-state index in [1.54, 1.807) is 13.8 Å². The molecule has 1 amide bonds. The highest BCUT2D eigenvalue weighted by molar-refractivity contribution is 6.31. The minimum atomic E-state index is -0.518. The maximum Gasteiger partial charge on any atom is 0.270 e. The van der Waals surface area contributed by atoms with Gasteiger partial charge in [-0.2, -0.15) is 0 Å². The highest BCUT2D eigenvalue weighted by Gasteiger charge is 2.09. The highest BCUT2D eigenvalue weighted by atomic mass is 16.6. The summed E-state index contributed by atoms with van der Waals surface area (Å²) in [4.78, 5) is 26.6. The molecule has 0 atom stereocenters. The van der Waals surface area contributed by atoms with Crippen molar-refractivity contribution >= 4 is 23.5 Å². The number of aryl methyl sites for hydroxylation is 2. The predicted octanol–water partition coefficient (Wildman–Crippen LogP) is 2.34. The van der Waals surface area contributed by atoms with Gasteiger partial charge in [-0.05, 0) is 26.0 Å². The van der Waals surface area contributed by atoms with E-state index in [-0.39, 0.29) is 12.3 Å². The van der Waals surface area contributed by atoms with Gasteiger partial charge in [-0.1, -0.05) is 10.3 Å². The molecule has 1 heterocycles. The predicted molar refractivity (Wildman–Crippen MR) is 81.0 cm³/mol. The molecule has 0 bridgehead atoms. The van der Waals surface area contributed by atoms with Crippen molar-refractivity contribution < 1.29 is 19.1 Å². The van der Waals surface area contributed by atoms with E-state index in [0.717, 1.165) is 11.8 Å². The Labute approximate surface area is 131 Å². The number of amides is 1. The molecular formula is C14H14N4O5. The number of hydrogen-bond acceptors (Lipinski definition) is 7. The smallest absolute Gasteiger partial charge is 0.270 e. The van der Waals surface area contributed by atoms with Gasteiger partial charge in [0.25, 0.3) is 11.6 Å². The number of carbonyl (C=O) groups is 1. The van der Waals surface area contributed by atoms with Crippen molar-refractivity contribution in [3.63, 3.8) is 0 Å². The summed E-state index contributed by atoms with van der Waals surface area (Å²) in [7, 11) is 0. The Hall–Kier alpha value is -3.23. The van der Waals surface area contributed by atoms with Crippen molar-refractivity contribution in [1.29, 1.82) is 0 Å². The molecule has 1 aromatic carbocycles. The van der Waals surface area contributed by atoms with Gasteiger partial charge in [0, 0.05) is 17.8 Å². The summed E-state index contributed by atoms with van der Waals surface area (Å²) in [6.45, 7) is 3.67. The number of non-ortho nitro benzene ring substituents is 1. The average Bonchev–Trinajstić information content (AvgIpc) is 2.83. The Morgan fingerprint density at radius 3 is 2.70 bits per heavy atom. The lowest BCUT2D eigenvalue weighted by Gasteiger charge is -2.01. The number of benzene rings is 1. The maximum absolute atomic E-state index is 11.6. The van der Waals surface area contributed by atoms with Crippen LogP contribution in [0.2, 0.25) is 0 Å². The Kier molecular flexibility index (Phi) is 5.03. The fourth-order valence-corrected chi connectivity index (χ4v) is 1.74. The molecule has 0 unspecified atom stereocenters. The van der Waals surface area contributed by atoms with E-state index in [9.17, 15) is 14.9 Å². The van der Waals surface area contributed by atoms with Crippen LogP contribution >= 0.6 is 0 Å². The van der Waals surface area contributed by atoms with E-state index >= 15 is 0 Å². The molecule has 9 heteroatoms. The molecule has 0 aliphatic rings. The third kappa shape index (κ3) is 4.37. The zero-order valence-corrected chi connectivity index (χ0v) is 12.5. The standard InChI is InChI=1S/C14H14N4O5/c1-9-13(10(2)23-17-9)8-22-15-7-14(19)16-11-3-5-12(6-4-11)18(20)21/h3-7H,8H2,1-2H3,(H,16,19)/b15-7-. The van der Waals surface area contributed by atoms with Gasteiger partial charge in [0.05, 0.1) is 16.2 Å². The van der Waals surface area contributed by atoms with Gasteiger partial charge in [0.15, 0.2) is 0 Å². The second kappa shape index (κ2) is 7.16. The molecule has 0 spiro atoms. The fourth-order valence-electron chi connectivity index (χ4n) is 1.74. The topological polar surface area (TPSA) is 120 Å². The zero-order valence-electron chi connectivity index (χ0n) is 12.5. The number of nitro groups is 1. The monoisotopic (exact) mass is 318 g/mol. The second-order valence-electron chi connectivity index (χ2n) is 4.60. The number of oxime groups is 1. The highest BCUT2D eigenvalue weighted by Crippen LogP contribution is 2.15. The number of rotatable bonds is 6. The Bertz CT molecular complexity index is 717. The Balaban J connectivity index is 1.83. The summed E-state index contributed by atoms with van der Waals surface area (Å²) in [6, 6.07) is 5.44. The lowest BCUT2D eigenvalue weighted by atomic mass is 10.2. The number of anilines is 1. The molecule has 2 aromatic rings. The van der Waals surface area contributed by atoms with Gasteiger partial charge >= 0.3 is 0 Å². The summed E-state index contributed by atoms with van der Waals surface area (Å²) >= 11 is 0. The molecular weight excluding hydrogens is 304 g/mol. The van der Waals surface area contributed by atoms with Gasteiger partial charge in [-0.15, -0.1) is 0 Å². The van der Waals surface area contributed by atoms with Crippen molar-refractivity contribution in [2.45, 2.75) is 20.5 Å². The molecule has 1 aromatic heterocycles. The van der Waals surface area contributed by atoms with Crippen LogP contribution in [0.25, 0.3) is 0 Å². The Morgan fingerprint density at radius 1 is 1.43 bits per heavy atom. The van der Waals surface area contributed by atoms with Crippen LogP contribution in [-0.2, 0) is 16.2 Å². The van der Waals surface area contributed by atoms with Crippen LogP contribution in [0.1, 0.15) is 17.0 Å². The number of nitro benzene ring substituents is 1. The molecule has 0 aliphatic carbocycles. The van der Waals surface area contributed by atoms with Gasteiger partial charge in [-0.25, -0.2) is 0 Å². The van der Waals surface area contributed by atoms with Crippen LogP contribution in [0.3, 0.4) is 0 Å². The van der Waals surface area contributed by atoms with Gasteiger partial charge < -0.3 is 14.7 Å². The summed E-state index contributed by atoms with van der Waals surface area (Å²) in [5.74, 6) is 0.116. The minimum absolute atomic E-state index is 0.0561. The number of nitrogens with one attached hydrogen (secondary N) is 1.